The molecule has 0 bridgehead atoms. The summed E-state index contributed by atoms with van der Waals surface area (Å²) in [6.07, 6.45) is 5.65. The first-order valence-electron chi connectivity index (χ1n) is 10.6. The lowest BCUT2D eigenvalue weighted by Crippen LogP contribution is -2.38. The molecule has 2 saturated heterocycles. The van der Waals surface area contributed by atoms with Gasteiger partial charge in [0.25, 0.3) is 5.91 Å². The number of rotatable bonds is 4. The summed E-state index contributed by atoms with van der Waals surface area (Å²) >= 11 is 0. The Bertz CT molecular complexity index is 761. The molecule has 2 aromatic rings. The number of carbonyl (C=O) groups excluding carboxylic acids is 1. The zero-order chi connectivity index (χ0) is 19.3. The first-order valence-corrected chi connectivity index (χ1v) is 10.6. The van der Waals surface area contributed by atoms with Crippen LogP contribution in [-0.4, -0.2) is 47.2 Å². The number of anilines is 1. The van der Waals surface area contributed by atoms with Gasteiger partial charge in [-0.2, -0.15) is 0 Å². The molecule has 4 rings (SSSR count). The number of hydrogen-bond acceptors (Lipinski definition) is 4. The van der Waals surface area contributed by atoms with E-state index in [1.54, 1.807) is 0 Å². The fourth-order valence-electron chi connectivity index (χ4n) is 4.30. The maximum Gasteiger partial charge on any atom is 0.274 e. The number of nitrogens with zero attached hydrogens (tertiary/aromatic N) is 4. The van der Waals surface area contributed by atoms with Crippen molar-refractivity contribution in [2.75, 3.05) is 31.1 Å². The molecule has 2 aliphatic rings. The van der Waals surface area contributed by atoms with E-state index >= 15 is 0 Å². The molecule has 28 heavy (non-hydrogen) atoms. The lowest BCUT2D eigenvalue weighted by atomic mass is 9.90. The van der Waals surface area contributed by atoms with Crippen LogP contribution in [0.3, 0.4) is 0 Å². The van der Waals surface area contributed by atoms with E-state index < -0.39 is 0 Å². The summed E-state index contributed by atoms with van der Waals surface area (Å²) in [7, 11) is 0. The van der Waals surface area contributed by atoms with E-state index in [1.165, 1.54) is 18.4 Å². The van der Waals surface area contributed by atoms with Crippen molar-refractivity contribution in [3.05, 3.63) is 53.7 Å². The van der Waals surface area contributed by atoms with Crippen molar-refractivity contribution in [2.24, 2.45) is 11.8 Å². The first-order chi connectivity index (χ1) is 13.7. The number of hydrogen-bond donors (Lipinski definition) is 0. The fourth-order valence-corrected chi connectivity index (χ4v) is 4.30. The molecule has 3 heterocycles. The standard InChI is InChI=1S/C23H30N4O/c1-18-9-13-27(14-10-18)23(28)21-7-8-22(25-24-21)26-15-11-20(12-16-26)17-19-5-3-2-4-6-19/h2-8,18,20H,9-17H2,1H3. The van der Waals surface area contributed by atoms with Gasteiger partial charge in [0.05, 0.1) is 0 Å². The highest BCUT2D eigenvalue weighted by Crippen LogP contribution is 2.25. The molecule has 5 nitrogen and oxygen atoms in total. The smallest absolute Gasteiger partial charge is 0.274 e. The molecule has 5 heteroatoms. The largest absolute Gasteiger partial charge is 0.355 e. The number of benzene rings is 1. The van der Waals surface area contributed by atoms with Crippen molar-refractivity contribution in [3.8, 4) is 0 Å². The molecule has 148 valence electrons. The van der Waals surface area contributed by atoms with Crippen LogP contribution in [0.15, 0.2) is 42.5 Å². The third-order valence-electron chi connectivity index (χ3n) is 6.25. The van der Waals surface area contributed by atoms with Gasteiger partial charge < -0.3 is 9.80 Å². The SMILES string of the molecule is CC1CCN(C(=O)c2ccc(N3CCC(Cc4ccccc4)CC3)nn2)CC1. The highest BCUT2D eigenvalue weighted by atomic mass is 16.2. The van der Waals surface area contributed by atoms with E-state index in [0.29, 0.717) is 11.6 Å². The van der Waals surface area contributed by atoms with Crippen molar-refractivity contribution in [1.82, 2.24) is 15.1 Å². The summed E-state index contributed by atoms with van der Waals surface area (Å²) in [5, 5.41) is 8.62. The Kier molecular flexibility index (Phi) is 5.89. The van der Waals surface area contributed by atoms with Gasteiger partial charge in [-0.3, -0.25) is 4.79 Å². The van der Waals surface area contributed by atoms with Gasteiger partial charge in [-0.05, 0) is 61.6 Å². The normalized spacial score (nSPS) is 19.0. The summed E-state index contributed by atoms with van der Waals surface area (Å²) in [4.78, 5) is 16.8. The summed E-state index contributed by atoms with van der Waals surface area (Å²) in [6.45, 7) is 5.92. The van der Waals surface area contributed by atoms with E-state index in [0.717, 1.165) is 57.2 Å². The maximum absolute atomic E-state index is 12.6. The predicted molar refractivity (Wildman–Crippen MR) is 111 cm³/mol. The number of carbonyl (C=O) groups is 1. The molecule has 0 saturated carbocycles. The van der Waals surface area contributed by atoms with Gasteiger partial charge in [-0.15, -0.1) is 10.2 Å². The Balaban J connectivity index is 1.30. The van der Waals surface area contributed by atoms with Gasteiger partial charge in [-0.1, -0.05) is 37.3 Å². The molecule has 2 aliphatic heterocycles. The Morgan fingerprint density at radius 1 is 0.929 bits per heavy atom. The molecule has 0 aliphatic carbocycles. The minimum atomic E-state index is 0.0209. The van der Waals surface area contributed by atoms with Crippen LogP contribution in [0.1, 0.15) is 48.7 Å². The molecule has 0 unspecified atom stereocenters. The quantitative estimate of drug-likeness (QED) is 0.812. The fraction of sp³-hybridized carbons (Fsp3) is 0.522. The Labute approximate surface area is 167 Å². The van der Waals surface area contributed by atoms with Gasteiger partial charge in [0.15, 0.2) is 11.5 Å². The van der Waals surface area contributed by atoms with Gasteiger partial charge in [0.2, 0.25) is 0 Å². The lowest BCUT2D eigenvalue weighted by molar-refractivity contribution is 0.0690. The molecule has 2 fully saturated rings. The summed E-state index contributed by atoms with van der Waals surface area (Å²) < 4.78 is 0. The highest BCUT2D eigenvalue weighted by molar-refractivity contribution is 5.92. The molecular weight excluding hydrogens is 348 g/mol. The molecular formula is C23H30N4O. The van der Waals surface area contributed by atoms with Crippen molar-refractivity contribution in [1.29, 1.82) is 0 Å². The van der Waals surface area contributed by atoms with Crippen LogP contribution in [0.2, 0.25) is 0 Å². The Hall–Kier alpha value is -2.43. The van der Waals surface area contributed by atoms with E-state index in [9.17, 15) is 4.79 Å². The molecule has 0 N–H and O–H groups in total. The second-order valence-corrected chi connectivity index (χ2v) is 8.37. The van der Waals surface area contributed by atoms with Crippen LogP contribution in [0.4, 0.5) is 5.82 Å². The third kappa shape index (κ3) is 4.51. The average molecular weight is 379 g/mol. The van der Waals surface area contributed by atoms with Crippen LogP contribution in [0.5, 0.6) is 0 Å². The number of amides is 1. The average Bonchev–Trinajstić information content (AvgIpc) is 2.75. The Morgan fingerprint density at radius 2 is 1.64 bits per heavy atom. The lowest BCUT2D eigenvalue weighted by Gasteiger charge is -2.33. The molecule has 0 spiro atoms. The molecule has 1 aromatic heterocycles. The first kappa shape index (κ1) is 18.9. The summed E-state index contributed by atoms with van der Waals surface area (Å²) in [5.41, 5.74) is 1.90. The minimum Gasteiger partial charge on any atom is -0.355 e. The zero-order valence-corrected chi connectivity index (χ0v) is 16.8. The summed E-state index contributed by atoms with van der Waals surface area (Å²) in [5.74, 6) is 2.35. The van der Waals surface area contributed by atoms with Crippen LogP contribution in [0, 0.1) is 11.8 Å². The van der Waals surface area contributed by atoms with Crippen LogP contribution in [0.25, 0.3) is 0 Å². The van der Waals surface area contributed by atoms with Crippen molar-refractivity contribution >= 4 is 11.7 Å². The molecule has 1 aromatic carbocycles. The van der Waals surface area contributed by atoms with Gasteiger partial charge in [0, 0.05) is 26.2 Å². The van der Waals surface area contributed by atoms with Crippen molar-refractivity contribution in [3.63, 3.8) is 0 Å². The monoisotopic (exact) mass is 378 g/mol. The molecule has 0 atom stereocenters. The predicted octanol–water partition coefficient (Wildman–Crippen LogP) is 3.81. The second kappa shape index (κ2) is 8.72. The van der Waals surface area contributed by atoms with E-state index in [4.69, 9.17) is 0 Å². The van der Waals surface area contributed by atoms with Crippen LogP contribution < -0.4 is 4.90 Å². The topological polar surface area (TPSA) is 49.3 Å². The van der Waals surface area contributed by atoms with Crippen molar-refractivity contribution < 1.29 is 4.79 Å². The maximum atomic E-state index is 12.6. The van der Waals surface area contributed by atoms with Crippen molar-refractivity contribution in [2.45, 2.75) is 39.0 Å². The molecule has 1 amide bonds. The van der Waals surface area contributed by atoms with E-state index in [1.807, 2.05) is 17.0 Å². The molecule has 0 radical (unpaired) electrons. The van der Waals surface area contributed by atoms with E-state index in [2.05, 4.69) is 52.4 Å². The Morgan fingerprint density at radius 3 is 2.29 bits per heavy atom. The van der Waals surface area contributed by atoms with Crippen LogP contribution in [-0.2, 0) is 6.42 Å². The minimum absolute atomic E-state index is 0.0209. The number of aromatic nitrogens is 2. The van der Waals surface area contributed by atoms with Gasteiger partial charge in [-0.25, -0.2) is 0 Å². The van der Waals surface area contributed by atoms with E-state index in [-0.39, 0.29) is 5.91 Å². The second-order valence-electron chi connectivity index (χ2n) is 8.37. The third-order valence-corrected chi connectivity index (χ3v) is 6.25. The van der Waals surface area contributed by atoms with Crippen LogP contribution >= 0.6 is 0 Å². The number of piperidine rings is 2. The highest BCUT2D eigenvalue weighted by Gasteiger charge is 2.24. The zero-order valence-electron chi connectivity index (χ0n) is 16.8. The summed E-state index contributed by atoms with van der Waals surface area (Å²) in [6, 6.07) is 14.6. The van der Waals surface area contributed by atoms with Gasteiger partial charge in [0.1, 0.15) is 0 Å². The van der Waals surface area contributed by atoms with Gasteiger partial charge >= 0.3 is 0 Å². The number of likely N-dealkylation sites (tertiary alicyclic amines) is 1.